The maximum Gasteiger partial charge on any atom is 0.328 e. The number of amides is 1. The maximum atomic E-state index is 15.9. The largest absolute Gasteiger partial charge is 0.478 e. The number of furan rings is 1. The van der Waals surface area contributed by atoms with Crippen molar-refractivity contribution >= 4 is 28.9 Å². The van der Waals surface area contributed by atoms with Gasteiger partial charge in [0.2, 0.25) is 5.91 Å². The Hall–Kier alpha value is -4.77. The quantitative estimate of drug-likeness (QED) is 0.176. The lowest BCUT2D eigenvalue weighted by Crippen LogP contribution is -2.27. The van der Waals surface area contributed by atoms with Crippen LogP contribution in [0.15, 0.2) is 65.7 Å². The van der Waals surface area contributed by atoms with E-state index in [2.05, 4.69) is 27.9 Å². The first kappa shape index (κ1) is 30.8. The molecule has 0 unspecified atom stereocenters. The van der Waals surface area contributed by atoms with Gasteiger partial charge in [0.1, 0.15) is 11.3 Å². The smallest absolute Gasteiger partial charge is 0.328 e. The predicted octanol–water partition coefficient (Wildman–Crippen LogP) is 4.93. The summed E-state index contributed by atoms with van der Waals surface area (Å²) in [5.74, 6) is -3.44. The third-order valence-corrected chi connectivity index (χ3v) is 6.49. The molecule has 3 aromatic heterocycles. The number of aromatic amines is 1. The number of nitrogens with one attached hydrogen (secondary N) is 1. The zero-order valence-electron chi connectivity index (χ0n) is 22.9. The zero-order chi connectivity index (χ0) is 29.9. The Morgan fingerprint density at radius 1 is 1.12 bits per heavy atom. The number of hydrogen-bond donors (Lipinski definition) is 4. The van der Waals surface area contributed by atoms with Crippen LogP contribution in [0.3, 0.4) is 0 Å². The number of halogens is 1. The lowest BCUT2D eigenvalue weighted by Gasteiger charge is -2.23. The topological polar surface area (TPSA) is 163 Å². The van der Waals surface area contributed by atoms with E-state index in [9.17, 15) is 14.4 Å². The lowest BCUT2D eigenvalue weighted by atomic mass is 9.92. The van der Waals surface area contributed by atoms with Crippen molar-refractivity contribution < 1.29 is 33.4 Å². The molecule has 1 amide bonds. The van der Waals surface area contributed by atoms with Gasteiger partial charge in [0, 0.05) is 66.6 Å². The van der Waals surface area contributed by atoms with Crippen LogP contribution in [0.5, 0.6) is 0 Å². The molecule has 0 saturated carbocycles. The van der Waals surface area contributed by atoms with Crippen molar-refractivity contribution in [3.8, 4) is 11.1 Å². The third-order valence-electron chi connectivity index (χ3n) is 6.49. The second-order valence-electron chi connectivity index (χ2n) is 9.36. The van der Waals surface area contributed by atoms with E-state index in [1.54, 1.807) is 25.3 Å². The molecule has 10 nitrogen and oxygen atoms in total. The first-order valence-electron chi connectivity index (χ1n) is 13.0. The number of fused-ring (bicyclic) bond motifs is 1. The zero-order valence-corrected chi connectivity index (χ0v) is 22.9. The molecule has 0 fully saturated rings. The van der Waals surface area contributed by atoms with Crippen LogP contribution in [0.1, 0.15) is 46.8 Å². The SMILES string of the molecule is CCCCN(CCc1c(C)c(C(N)=O)cc(-c2ccnc3ccoc23)c1F)Cc1cc[nH]c1.O=C(O)/C=C\C(=O)O. The van der Waals surface area contributed by atoms with Gasteiger partial charge in [0.05, 0.1) is 6.26 Å². The monoisotopic (exact) mass is 564 g/mol. The molecule has 0 aliphatic carbocycles. The van der Waals surface area contributed by atoms with Crippen LogP contribution in [-0.2, 0) is 22.6 Å². The van der Waals surface area contributed by atoms with Gasteiger partial charge in [-0.25, -0.2) is 14.0 Å². The van der Waals surface area contributed by atoms with Crippen molar-refractivity contribution in [2.75, 3.05) is 13.1 Å². The number of nitrogens with two attached hydrogens (primary N) is 1. The van der Waals surface area contributed by atoms with Crippen LogP contribution < -0.4 is 5.73 Å². The molecule has 0 aliphatic heterocycles. The molecule has 0 spiro atoms. The van der Waals surface area contributed by atoms with Gasteiger partial charge in [0.15, 0.2) is 5.58 Å². The number of pyridine rings is 1. The number of carboxylic acid groups (broad SMARTS) is 2. The Kier molecular flexibility index (Phi) is 10.9. The van der Waals surface area contributed by atoms with Crippen LogP contribution in [0.25, 0.3) is 22.2 Å². The van der Waals surface area contributed by atoms with E-state index in [4.69, 9.17) is 20.4 Å². The van der Waals surface area contributed by atoms with E-state index in [0.717, 1.165) is 25.9 Å². The summed E-state index contributed by atoms with van der Waals surface area (Å²) in [4.78, 5) is 41.0. The number of carboxylic acids is 2. The summed E-state index contributed by atoms with van der Waals surface area (Å²) in [6.07, 6.45) is 10.7. The molecule has 0 aliphatic rings. The van der Waals surface area contributed by atoms with E-state index in [1.807, 2.05) is 12.4 Å². The van der Waals surface area contributed by atoms with Gasteiger partial charge < -0.3 is 25.3 Å². The summed E-state index contributed by atoms with van der Waals surface area (Å²) in [5.41, 5.74) is 10.3. The number of unbranched alkanes of at least 4 members (excludes halogenated alkanes) is 1. The molecule has 0 saturated heterocycles. The number of nitrogens with zero attached hydrogens (tertiary/aromatic N) is 2. The minimum absolute atomic E-state index is 0.303. The number of aromatic nitrogens is 2. The second kappa shape index (κ2) is 14.6. The van der Waals surface area contributed by atoms with Gasteiger partial charge in [0.25, 0.3) is 0 Å². The van der Waals surface area contributed by atoms with Gasteiger partial charge in [-0.3, -0.25) is 14.7 Å². The summed E-state index contributed by atoms with van der Waals surface area (Å²) >= 11 is 0. The van der Waals surface area contributed by atoms with Gasteiger partial charge in [-0.05, 0) is 61.2 Å². The molecule has 0 radical (unpaired) electrons. The highest BCUT2D eigenvalue weighted by Gasteiger charge is 2.22. The average Bonchev–Trinajstić information content (AvgIpc) is 3.63. The van der Waals surface area contributed by atoms with E-state index < -0.39 is 17.8 Å². The van der Waals surface area contributed by atoms with Gasteiger partial charge in [-0.2, -0.15) is 0 Å². The standard InChI is InChI=1S/C26H29FN4O2.C4H4O4/c1-3-4-11-31(16-18-5-9-29-15-18)12-7-19-17(2)21(26(28)32)14-22(24(19)27)20-6-10-30-23-8-13-33-25(20)23;5-3(6)1-2-4(7)8/h5-6,8-10,13-15,29H,3-4,7,11-12,16H2,1-2H3,(H2,28,32);1-2H,(H,5,6)(H,7,8)/b;2-1-. The number of H-pyrrole nitrogens is 1. The molecule has 41 heavy (non-hydrogen) atoms. The van der Waals surface area contributed by atoms with Gasteiger partial charge in [-0.1, -0.05) is 13.3 Å². The predicted molar refractivity (Wildman–Crippen MR) is 152 cm³/mol. The molecule has 4 rings (SSSR count). The van der Waals surface area contributed by atoms with Crippen LogP contribution in [0.4, 0.5) is 4.39 Å². The highest BCUT2D eigenvalue weighted by Crippen LogP contribution is 2.34. The van der Waals surface area contributed by atoms with Gasteiger partial charge >= 0.3 is 11.9 Å². The molecular formula is C30H33FN4O6. The molecule has 3 heterocycles. The van der Waals surface area contributed by atoms with Crippen LogP contribution in [-0.4, -0.2) is 56.0 Å². The van der Waals surface area contributed by atoms with E-state index in [0.29, 0.717) is 64.0 Å². The molecule has 1 aromatic carbocycles. The Morgan fingerprint density at radius 3 is 2.46 bits per heavy atom. The number of aliphatic carboxylic acids is 2. The van der Waals surface area contributed by atoms with E-state index in [-0.39, 0.29) is 5.82 Å². The fraction of sp³-hybridized carbons (Fsp3) is 0.267. The van der Waals surface area contributed by atoms with Crippen molar-refractivity contribution in [2.45, 2.75) is 39.7 Å². The van der Waals surface area contributed by atoms with Crippen molar-refractivity contribution in [3.63, 3.8) is 0 Å². The van der Waals surface area contributed by atoms with Crippen LogP contribution >= 0.6 is 0 Å². The number of benzene rings is 1. The average molecular weight is 565 g/mol. The van der Waals surface area contributed by atoms with Crippen LogP contribution in [0.2, 0.25) is 0 Å². The number of carbonyl (C=O) groups excluding carboxylic acids is 1. The van der Waals surface area contributed by atoms with Crippen molar-refractivity contribution in [3.05, 3.63) is 89.3 Å². The Balaban J connectivity index is 0.000000507. The normalized spacial score (nSPS) is 11.1. The number of rotatable bonds is 12. The van der Waals surface area contributed by atoms with E-state index in [1.165, 1.54) is 17.9 Å². The Bertz CT molecular complexity index is 1510. The number of hydrogen-bond acceptors (Lipinski definition) is 6. The summed E-state index contributed by atoms with van der Waals surface area (Å²) in [5, 5.41) is 15.6. The Morgan fingerprint density at radius 2 is 1.85 bits per heavy atom. The molecule has 4 aromatic rings. The highest BCUT2D eigenvalue weighted by molar-refractivity contribution is 5.98. The Labute approximate surface area is 236 Å². The molecule has 216 valence electrons. The molecular weight excluding hydrogens is 531 g/mol. The van der Waals surface area contributed by atoms with E-state index >= 15 is 4.39 Å². The molecule has 11 heteroatoms. The summed E-state index contributed by atoms with van der Waals surface area (Å²) in [6.45, 7) is 6.29. The number of carbonyl (C=O) groups is 3. The lowest BCUT2D eigenvalue weighted by molar-refractivity contribution is -0.134. The molecule has 0 atom stereocenters. The summed E-state index contributed by atoms with van der Waals surface area (Å²) in [6, 6.07) is 7.01. The van der Waals surface area contributed by atoms with Crippen molar-refractivity contribution in [2.24, 2.45) is 5.73 Å². The maximum absolute atomic E-state index is 15.9. The minimum atomic E-state index is -1.26. The van der Waals surface area contributed by atoms with Crippen molar-refractivity contribution in [1.82, 2.24) is 14.9 Å². The van der Waals surface area contributed by atoms with Gasteiger partial charge in [-0.15, -0.1) is 0 Å². The first-order valence-corrected chi connectivity index (χ1v) is 13.0. The molecule has 5 N–H and O–H groups in total. The second-order valence-corrected chi connectivity index (χ2v) is 9.36. The highest BCUT2D eigenvalue weighted by atomic mass is 19.1. The van der Waals surface area contributed by atoms with Crippen molar-refractivity contribution in [1.29, 1.82) is 0 Å². The fourth-order valence-electron chi connectivity index (χ4n) is 4.42. The summed E-state index contributed by atoms with van der Waals surface area (Å²) in [7, 11) is 0. The third kappa shape index (κ3) is 8.36. The summed E-state index contributed by atoms with van der Waals surface area (Å²) < 4.78 is 21.5. The van der Waals surface area contributed by atoms with Crippen LogP contribution in [0, 0.1) is 12.7 Å². The fourth-order valence-corrected chi connectivity index (χ4v) is 4.42. The first-order chi connectivity index (χ1) is 19.6. The molecule has 0 bridgehead atoms. The minimum Gasteiger partial charge on any atom is -0.478 e. The number of primary amides is 1.